The predicted octanol–water partition coefficient (Wildman–Crippen LogP) is 2.88. The summed E-state index contributed by atoms with van der Waals surface area (Å²) in [5, 5.41) is 3.04. The quantitative estimate of drug-likeness (QED) is 0.774. The molecule has 0 saturated carbocycles. The van der Waals surface area contributed by atoms with Crippen molar-refractivity contribution in [2.24, 2.45) is 17.6 Å². The van der Waals surface area contributed by atoms with E-state index in [4.69, 9.17) is 10.5 Å². The van der Waals surface area contributed by atoms with Crippen molar-refractivity contribution in [3.8, 4) is 5.75 Å². The molecule has 0 spiro atoms. The summed E-state index contributed by atoms with van der Waals surface area (Å²) in [6.45, 7) is 6.84. The molecule has 0 unspecified atom stereocenters. The Kier molecular flexibility index (Phi) is 7.23. The van der Waals surface area contributed by atoms with E-state index >= 15 is 0 Å². The van der Waals surface area contributed by atoms with Crippen LogP contribution in [0.15, 0.2) is 24.3 Å². The maximum Gasteiger partial charge on any atom is 0.220 e. The van der Waals surface area contributed by atoms with Crippen LogP contribution in [0.4, 0.5) is 0 Å². The normalized spacial score (nSPS) is 13.8. The highest BCUT2D eigenvalue weighted by Crippen LogP contribution is 2.20. The molecule has 118 valence electrons. The third-order valence-electron chi connectivity index (χ3n) is 3.58. The molecular formula is C17H28N2O2. The minimum absolute atomic E-state index is 0.0370. The van der Waals surface area contributed by atoms with Gasteiger partial charge in [-0.3, -0.25) is 4.79 Å². The van der Waals surface area contributed by atoms with Gasteiger partial charge in [-0.25, -0.2) is 0 Å². The summed E-state index contributed by atoms with van der Waals surface area (Å²) < 4.78 is 5.21. The van der Waals surface area contributed by atoms with Crippen molar-refractivity contribution in [2.75, 3.05) is 13.7 Å². The Labute approximate surface area is 128 Å². The highest BCUT2D eigenvalue weighted by atomic mass is 16.5. The van der Waals surface area contributed by atoms with Gasteiger partial charge in [0.15, 0.2) is 0 Å². The van der Waals surface area contributed by atoms with Crippen LogP contribution in [-0.2, 0) is 4.79 Å². The number of ether oxygens (including phenoxy) is 1. The maximum atomic E-state index is 12.1. The first-order chi connectivity index (χ1) is 9.96. The molecule has 4 nitrogen and oxygen atoms in total. The molecule has 0 heterocycles. The number of carbonyl (C=O) groups excluding carboxylic acids is 1. The fourth-order valence-corrected chi connectivity index (χ4v) is 2.49. The average molecular weight is 292 g/mol. The number of amides is 1. The summed E-state index contributed by atoms with van der Waals surface area (Å²) in [6.07, 6.45) is 1.47. The molecule has 21 heavy (non-hydrogen) atoms. The van der Waals surface area contributed by atoms with Crippen LogP contribution in [-0.4, -0.2) is 19.6 Å². The summed E-state index contributed by atoms with van der Waals surface area (Å²) in [5.74, 6) is 1.67. The highest BCUT2D eigenvalue weighted by molar-refractivity contribution is 5.76. The van der Waals surface area contributed by atoms with Gasteiger partial charge in [0.05, 0.1) is 13.2 Å². The second kappa shape index (κ2) is 8.67. The van der Waals surface area contributed by atoms with Crippen LogP contribution in [0, 0.1) is 11.8 Å². The van der Waals surface area contributed by atoms with Crippen molar-refractivity contribution in [2.45, 2.75) is 39.7 Å². The topological polar surface area (TPSA) is 64.3 Å². The Morgan fingerprint density at radius 2 is 2.05 bits per heavy atom. The van der Waals surface area contributed by atoms with Crippen LogP contribution in [0.1, 0.15) is 45.2 Å². The van der Waals surface area contributed by atoms with Crippen LogP contribution >= 0.6 is 0 Å². The van der Waals surface area contributed by atoms with Crippen molar-refractivity contribution in [3.05, 3.63) is 29.8 Å². The summed E-state index contributed by atoms with van der Waals surface area (Å²) in [6, 6.07) is 7.72. The number of carbonyl (C=O) groups is 1. The van der Waals surface area contributed by atoms with Gasteiger partial charge in [-0.2, -0.15) is 0 Å². The van der Waals surface area contributed by atoms with Gasteiger partial charge in [0.1, 0.15) is 5.75 Å². The van der Waals surface area contributed by atoms with Gasteiger partial charge >= 0.3 is 0 Å². The summed E-state index contributed by atoms with van der Waals surface area (Å²) in [7, 11) is 1.64. The molecule has 1 aromatic carbocycles. The fraction of sp³-hybridized carbons (Fsp3) is 0.588. The lowest BCUT2D eigenvalue weighted by atomic mass is 9.94. The predicted molar refractivity (Wildman–Crippen MR) is 86.2 cm³/mol. The zero-order valence-corrected chi connectivity index (χ0v) is 13.6. The molecule has 0 saturated heterocycles. The number of nitrogens with two attached hydrogens (primary N) is 1. The van der Waals surface area contributed by atoms with E-state index in [0.29, 0.717) is 18.9 Å². The highest BCUT2D eigenvalue weighted by Gasteiger charge is 2.16. The number of rotatable bonds is 8. The average Bonchev–Trinajstić information content (AvgIpc) is 2.45. The smallest absolute Gasteiger partial charge is 0.220 e. The first kappa shape index (κ1) is 17.5. The summed E-state index contributed by atoms with van der Waals surface area (Å²) in [5.41, 5.74) is 6.79. The van der Waals surface area contributed by atoms with Crippen LogP contribution in [0.2, 0.25) is 0 Å². The van der Waals surface area contributed by atoms with E-state index < -0.39 is 0 Å². The van der Waals surface area contributed by atoms with Crippen molar-refractivity contribution in [3.63, 3.8) is 0 Å². The van der Waals surface area contributed by atoms with Gasteiger partial charge in [0, 0.05) is 6.42 Å². The van der Waals surface area contributed by atoms with Crippen LogP contribution in [0.25, 0.3) is 0 Å². The van der Waals surface area contributed by atoms with Gasteiger partial charge in [-0.05, 0) is 49.4 Å². The van der Waals surface area contributed by atoms with Crippen molar-refractivity contribution < 1.29 is 9.53 Å². The number of benzene rings is 1. The molecule has 0 aromatic heterocycles. The standard InChI is InChI=1S/C17H28N2O2/c1-12(2)8-14(11-18)9-17(20)19-13(3)15-6-5-7-16(10-15)21-4/h5-7,10,12-14H,8-9,11,18H2,1-4H3,(H,19,20)/t13-,14+/m1/s1. The number of nitrogens with one attached hydrogen (secondary N) is 1. The molecule has 0 radical (unpaired) electrons. The Morgan fingerprint density at radius 1 is 1.33 bits per heavy atom. The maximum absolute atomic E-state index is 12.1. The number of hydrogen-bond donors (Lipinski definition) is 2. The summed E-state index contributed by atoms with van der Waals surface area (Å²) in [4.78, 5) is 12.1. The monoisotopic (exact) mass is 292 g/mol. The Balaban J connectivity index is 2.56. The Morgan fingerprint density at radius 3 is 2.62 bits per heavy atom. The lowest BCUT2D eigenvalue weighted by molar-refractivity contribution is -0.122. The Bertz CT molecular complexity index is 446. The van der Waals surface area contributed by atoms with Gasteiger partial charge in [-0.1, -0.05) is 26.0 Å². The van der Waals surface area contributed by atoms with Gasteiger partial charge in [0.25, 0.3) is 0 Å². The van der Waals surface area contributed by atoms with E-state index in [-0.39, 0.29) is 17.9 Å². The molecule has 0 aliphatic heterocycles. The van der Waals surface area contributed by atoms with Crippen LogP contribution in [0.5, 0.6) is 5.75 Å². The molecule has 0 fully saturated rings. The zero-order valence-electron chi connectivity index (χ0n) is 13.6. The summed E-state index contributed by atoms with van der Waals surface area (Å²) >= 11 is 0. The SMILES string of the molecule is COc1cccc([C@@H](C)NC(=O)C[C@@H](CN)CC(C)C)c1. The minimum atomic E-state index is -0.0370. The molecule has 0 aliphatic carbocycles. The van der Waals surface area contributed by atoms with Crippen molar-refractivity contribution in [1.82, 2.24) is 5.32 Å². The molecule has 1 aromatic rings. The lowest BCUT2D eigenvalue weighted by Gasteiger charge is -2.19. The fourth-order valence-electron chi connectivity index (χ4n) is 2.49. The van der Waals surface area contributed by atoms with E-state index in [9.17, 15) is 4.79 Å². The molecule has 1 amide bonds. The molecule has 2 atom stereocenters. The van der Waals surface area contributed by atoms with Crippen LogP contribution in [0.3, 0.4) is 0 Å². The number of hydrogen-bond acceptors (Lipinski definition) is 3. The van der Waals surface area contributed by atoms with Crippen LogP contribution < -0.4 is 15.8 Å². The van der Waals surface area contributed by atoms with Crippen molar-refractivity contribution >= 4 is 5.91 Å². The second-order valence-corrected chi connectivity index (χ2v) is 6.00. The largest absolute Gasteiger partial charge is 0.497 e. The van der Waals surface area contributed by atoms with E-state index in [2.05, 4.69) is 19.2 Å². The van der Waals surface area contributed by atoms with E-state index in [1.54, 1.807) is 7.11 Å². The zero-order chi connectivity index (χ0) is 15.8. The second-order valence-electron chi connectivity index (χ2n) is 6.00. The van der Waals surface area contributed by atoms with Gasteiger partial charge in [-0.15, -0.1) is 0 Å². The van der Waals surface area contributed by atoms with E-state index in [0.717, 1.165) is 17.7 Å². The number of methoxy groups -OCH3 is 1. The van der Waals surface area contributed by atoms with Gasteiger partial charge in [0.2, 0.25) is 5.91 Å². The van der Waals surface area contributed by atoms with E-state index in [1.807, 2.05) is 31.2 Å². The molecule has 4 heteroatoms. The minimum Gasteiger partial charge on any atom is -0.497 e. The first-order valence-corrected chi connectivity index (χ1v) is 7.59. The first-order valence-electron chi connectivity index (χ1n) is 7.59. The third-order valence-corrected chi connectivity index (χ3v) is 3.58. The van der Waals surface area contributed by atoms with Crippen molar-refractivity contribution in [1.29, 1.82) is 0 Å². The lowest BCUT2D eigenvalue weighted by Crippen LogP contribution is -2.30. The van der Waals surface area contributed by atoms with Gasteiger partial charge < -0.3 is 15.8 Å². The molecule has 3 N–H and O–H groups in total. The molecule has 0 aliphatic rings. The molecular weight excluding hydrogens is 264 g/mol. The Hall–Kier alpha value is -1.55. The molecule has 1 rings (SSSR count). The third kappa shape index (κ3) is 6.17. The van der Waals surface area contributed by atoms with E-state index in [1.165, 1.54) is 0 Å². The molecule has 0 bridgehead atoms.